The zero-order valence-corrected chi connectivity index (χ0v) is 11.3. The number of nitrogens with zero attached hydrogens (tertiary/aromatic N) is 2. The Morgan fingerprint density at radius 2 is 2.06 bits per heavy atom. The average Bonchev–Trinajstić information content (AvgIpc) is 2.84. The van der Waals surface area contributed by atoms with Gasteiger partial charge in [0.1, 0.15) is 0 Å². The van der Waals surface area contributed by atoms with Crippen LogP contribution in [-0.4, -0.2) is 60.4 Å². The van der Waals surface area contributed by atoms with Gasteiger partial charge in [-0.15, -0.1) is 0 Å². The van der Waals surface area contributed by atoms with Gasteiger partial charge in [0.15, 0.2) is 0 Å². The zero-order valence-electron chi connectivity index (χ0n) is 11.3. The van der Waals surface area contributed by atoms with Crippen molar-refractivity contribution in [2.24, 2.45) is 5.92 Å². The summed E-state index contributed by atoms with van der Waals surface area (Å²) in [4.78, 5) is 27.7. The second kappa shape index (κ2) is 5.69. The van der Waals surface area contributed by atoms with Gasteiger partial charge in [-0.3, -0.25) is 14.5 Å². The van der Waals surface area contributed by atoms with E-state index in [1.165, 1.54) is 0 Å². The van der Waals surface area contributed by atoms with Crippen LogP contribution in [0.2, 0.25) is 0 Å². The van der Waals surface area contributed by atoms with E-state index in [0.29, 0.717) is 19.0 Å². The maximum absolute atomic E-state index is 12.2. The molecule has 2 amide bonds. The van der Waals surface area contributed by atoms with Crippen molar-refractivity contribution in [1.82, 2.24) is 15.1 Å². The highest BCUT2D eigenvalue weighted by atomic mass is 16.2. The molecule has 1 N–H and O–H groups in total. The van der Waals surface area contributed by atoms with E-state index in [1.54, 1.807) is 0 Å². The molecule has 2 unspecified atom stereocenters. The molecule has 0 aromatic rings. The Bertz CT molecular complexity index is 324. The fourth-order valence-corrected chi connectivity index (χ4v) is 2.68. The summed E-state index contributed by atoms with van der Waals surface area (Å²) in [5, 5.41) is 2.73. The second-order valence-corrected chi connectivity index (χ2v) is 5.32. The standard InChI is InChI=1S/C13H23N3O2/c1-3-10(2)15-4-6-16(7-5-15)13(18)11-8-12(17)14-9-11/h10-11H,3-9H2,1-2H3,(H,14,17). The minimum absolute atomic E-state index is 0.00610. The third-order valence-corrected chi connectivity index (χ3v) is 4.17. The van der Waals surface area contributed by atoms with Crippen LogP contribution < -0.4 is 5.32 Å². The van der Waals surface area contributed by atoms with Gasteiger partial charge in [-0.2, -0.15) is 0 Å². The topological polar surface area (TPSA) is 52.6 Å². The lowest BCUT2D eigenvalue weighted by atomic mass is 10.1. The Kier molecular flexibility index (Phi) is 4.22. The highest BCUT2D eigenvalue weighted by Crippen LogP contribution is 2.15. The molecule has 2 aliphatic rings. The van der Waals surface area contributed by atoms with E-state index in [-0.39, 0.29) is 17.7 Å². The molecule has 0 aromatic heterocycles. The molecule has 0 aromatic carbocycles. The summed E-state index contributed by atoms with van der Waals surface area (Å²) in [7, 11) is 0. The lowest BCUT2D eigenvalue weighted by Gasteiger charge is -2.38. The summed E-state index contributed by atoms with van der Waals surface area (Å²) in [6, 6.07) is 0.594. The molecular formula is C13H23N3O2. The van der Waals surface area contributed by atoms with Crippen LogP contribution >= 0.6 is 0 Å². The van der Waals surface area contributed by atoms with Crippen molar-refractivity contribution in [3.05, 3.63) is 0 Å². The van der Waals surface area contributed by atoms with E-state index in [9.17, 15) is 9.59 Å². The van der Waals surface area contributed by atoms with Crippen LogP contribution in [0.25, 0.3) is 0 Å². The number of nitrogens with one attached hydrogen (secondary N) is 1. The van der Waals surface area contributed by atoms with Crippen LogP contribution in [0.3, 0.4) is 0 Å². The van der Waals surface area contributed by atoms with Gasteiger partial charge in [0, 0.05) is 45.2 Å². The van der Waals surface area contributed by atoms with Gasteiger partial charge in [-0.25, -0.2) is 0 Å². The van der Waals surface area contributed by atoms with Crippen molar-refractivity contribution < 1.29 is 9.59 Å². The minimum Gasteiger partial charge on any atom is -0.355 e. The molecule has 0 aliphatic carbocycles. The molecule has 2 fully saturated rings. The van der Waals surface area contributed by atoms with Crippen molar-refractivity contribution in [2.45, 2.75) is 32.7 Å². The molecule has 0 bridgehead atoms. The van der Waals surface area contributed by atoms with Crippen LogP contribution in [-0.2, 0) is 9.59 Å². The molecule has 5 heteroatoms. The largest absolute Gasteiger partial charge is 0.355 e. The van der Waals surface area contributed by atoms with Crippen LogP contribution in [0.15, 0.2) is 0 Å². The molecule has 2 heterocycles. The highest BCUT2D eigenvalue weighted by Gasteiger charge is 2.33. The molecule has 2 atom stereocenters. The first-order chi connectivity index (χ1) is 8.61. The number of hydrogen-bond acceptors (Lipinski definition) is 3. The summed E-state index contributed by atoms with van der Waals surface area (Å²) < 4.78 is 0. The average molecular weight is 253 g/mol. The smallest absolute Gasteiger partial charge is 0.228 e. The summed E-state index contributed by atoms with van der Waals surface area (Å²) >= 11 is 0. The maximum Gasteiger partial charge on any atom is 0.228 e. The van der Waals surface area contributed by atoms with Crippen molar-refractivity contribution in [3.63, 3.8) is 0 Å². The van der Waals surface area contributed by atoms with Crippen LogP contribution in [0.1, 0.15) is 26.7 Å². The van der Waals surface area contributed by atoms with Crippen molar-refractivity contribution in [1.29, 1.82) is 0 Å². The van der Waals surface area contributed by atoms with Gasteiger partial charge in [-0.1, -0.05) is 6.92 Å². The first-order valence-corrected chi connectivity index (χ1v) is 6.91. The fraction of sp³-hybridized carbons (Fsp3) is 0.846. The third kappa shape index (κ3) is 2.83. The first kappa shape index (κ1) is 13.3. The predicted molar refractivity (Wildman–Crippen MR) is 69.0 cm³/mol. The number of piperazine rings is 1. The SMILES string of the molecule is CCC(C)N1CCN(C(=O)C2CNC(=O)C2)CC1. The van der Waals surface area contributed by atoms with Gasteiger partial charge in [-0.05, 0) is 13.3 Å². The molecule has 2 rings (SSSR count). The lowest BCUT2D eigenvalue weighted by molar-refractivity contribution is -0.137. The highest BCUT2D eigenvalue weighted by molar-refractivity contribution is 5.89. The van der Waals surface area contributed by atoms with E-state index < -0.39 is 0 Å². The first-order valence-electron chi connectivity index (χ1n) is 6.91. The van der Waals surface area contributed by atoms with Crippen LogP contribution in [0, 0.1) is 5.92 Å². The van der Waals surface area contributed by atoms with Gasteiger partial charge in [0.05, 0.1) is 5.92 Å². The summed E-state index contributed by atoms with van der Waals surface area (Å²) in [6.45, 7) is 8.45. The minimum atomic E-state index is -0.132. The van der Waals surface area contributed by atoms with Gasteiger partial charge >= 0.3 is 0 Å². The van der Waals surface area contributed by atoms with Crippen LogP contribution in [0.5, 0.6) is 0 Å². The maximum atomic E-state index is 12.2. The Balaban J connectivity index is 1.82. The monoisotopic (exact) mass is 253 g/mol. The Labute approximate surface area is 108 Å². The normalized spacial score (nSPS) is 27.1. The van der Waals surface area contributed by atoms with Crippen molar-refractivity contribution in [3.8, 4) is 0 Å². The summed E-state index contributed by atoms with van der Waals surface area (Å²) in [5.41, 5.74) is 0. The van der Waals surface area contributed by atoms with Gasteiger partial charge in [0.25, 0.3) is 0 Å². The third-order valence-electron chi connectivity index (χ3n) is 4.17. The second-order valence-electron chi connectivity index (χ2n) is 5.32. The zero-order chi connectivity index (χ0) is 13.1. The Hall–Kier alpha value is -1.10. The lowest BCUT2D eigenvalue weighted by Crippen LogP contribution is -2.52. The summed E-state index contributed by atoms with van der Waals surface area (Å²) in [5.74, 6) is 0.0244. The predicted octanol–water partition coefficient (Wildman–Crippen LogP) is 0.0652. The Morgan fingerprint density at radius 1 is 1.39 bits per heavy atom. The van der Waals surface area contributed by atoms with Gasteiger partial charge < -0.3 is 10.2 Å². The molecule has 0 spiro atoms. The molecule has 0 radical (unpaired) electrons. The van der Waals surface area contributed by atoms with Crippen molar-refractivity contribution in [2.75, 3.05) is 32.7 Å². The summed E-state index contributed by atoms with van der Waals surface area (Å²) in [6.07, 6.45) is 1.51. The molecule has 102 valence electrons. The van der Waals surface area contributed by atoms with E-state index in [2.05, 4.69) is 24.1 Å². The number of carbonyl (C=O) groups excluding carboxylic acids is 2. The van der Waals surface area contributed by atoms with Gasteiger partial charge in [0.2, 0.25) is 11.8 Å². The van der Waals surface area contributed by atoms with Crippen LogP contribution in [0.4, 0.5) is 0 Å². The van der Waals surface area contributed by atoms with Crippen molar-refractivity contribution >= 4 is 11.8 Å². The fourth-order valence-electron chi connectivity index (χ4n) is 2.68. The molecule has 18 heavy (non-hydrogen) atoms. The quantitative estimate of drug-likeness (QED) is 0.774. The Morgan fingerprint density at radius 3 is 2.56 bits per heavy atom. The number of rotatable bonds is 3. The molecule has 2 saturated heterocycles. The van der Waals surface area contributed by atoms with E-state index in [4.69, 9.17) is 0 Å². The molecule has 0 saturated carbocycles. The number of amides is 2. The van der Waals surface area contributed by atoms with E-state index in [0.717, 1.165) is 32.6 Å². The van der Waals surface area contributed by atoms with E-state index in [1.807, 2.05) is 4.90 Å². The molecule has 2 aliphatic heterocycles. The van der Waals surface area contributed by atoms with E-state index >= 15 is 0 Å². The molecule has 5 nitrogen and oxygen atoms in total. The molecular weight excluding hydrogens is 230 g/mol. The number of hydrogen-bond donors (Lipinski definition) is 1. The number of carbonyl (C=O) groups is 2.